The number of halogens is 3. The van der Waals surface area contributed by atoms with E-state index in [1.54, 1.807) is 6.92 Å². The first-order valence-electron chi connectivity index (χ1n) is 6.28. The highest BCUT2D eigenvalue weighted by atomic mass is 19.4. The molecule has 0 saturated heterocycles. The summed E-state index contributed by atoms with van der Waals surface area (Å²) in [6.45, 7) is 4.99. The van der Waals surface area contributed by atoms with Crippen LogP contribution in [-0.2, 0) is 4.79 Å². The highest BCUT2D eigenvalue weighted by Crippen LogP contribution is 2.12. The Bertz CT molecular complexity index is 280. The molecule has 114 valence electrons. The summed E-state index contributed by atoms with van der Waals surface area (Å²) < 4.78 is 36.0. The minimum atomic E-state index is -4.38. The number of nitrogens with one attached hydrogen (secondary N) is 2. The first-order valence-corrected chi connectivity index (χ1v) is 6.28. The van der Waals surface area contributed by atoms with Crippen LogP contribution in [0.1, 0.15) is 20.8 Å². The minimum Gasteiger partial charge on any atom is -0.346 e. The quantitative estimate of drug-likeness (QED) is 0.738. The van der Waals surface area contributed by atoms with Crippen molar-refractivity contribution in [2.75, 3.05) is 27.2 Å². The third kappa shape index (κ3) is 8.83. The Kier molecular flexibility index (Phi) is 7.36. The number of hydrogen-bond acceptors (Lipinski definition) is 3. The van der Waals surface area contributed by atoms with Gasteiger partial charge in [0.15, 0.2) is 0 Å². The highest BCUT2D eigenvalue weighted by molar-refractivity contribution is 5.81. The Morgan fingerprint density at radius 2 is 1.74 bits per heavy atom. The van der Waals surface area contributed by atoms with E-state index in [0.717, 1.165) is 0 Å². The molecular weight excluding hydrogens is 259 g/mol. The summed E-state index contributed by atoms with van der Waals surface area (Å²) in [6, 6.07) is -0.615. The largest absolute Gasteiger partial charge is 0.405 e. The van der Waals surface area contributed by atoms with Crippen LogP contribution in [0.3, 0.4) is 0 Å². The summed E-state index contributed by atoms with van der Waals surface area (Å²) in [5.41, 5.74) is 0. The van der Waals surface area contributed by atoms with Gasteiger partial charge in [-0.2, -0.15) is 13.2 Å². The normalized spacial score (nSPS) is 15.7. The van der Waals surface area contributed by atoms with Crippen LogP contribution in [0.4, 0.5) is 13.2 Å². The standard InChI is InChI=1S/C12H24F3N3O/c1-8(2)10(6-18(4)5)17-9(3)11(19)16-7-12(13,14)15/h8-10,17H,6-7H2,1-5H3,(H,16,19). The maximum absolute atomic E-state index is 12.0. The van der Waals surface area contributed by atoms with Crippen molar-refractivity contribution in [3.63, 3.8) is 0 Å². The molecule has 0 bridgehead atoms. The zero-order chi connectivity index (χ0) is 15.2. The van der Waals surface area contributed by atoms with Crippen LogP contribution in [0.15, 0.2) is 0 Å². The maximum atomic E-state index is 12.0. The van der Waals surface area contributed by atoms with E-state index in [-0.39, 0.29) is 12.0 Å². The predicted molar refractivity (Wildman–Crippen MR) is 68.8 cm³/mol. The first-order chi connectivity index (χ1) is 8.53. The SMILES string of the molecule is CC(NC(CN(C)C)C(C)C)C(=O)NCC(F)(F)F. The summed E-state index contributed by atoms with van der Waals surface area (Å²) in [7, 11) is 3.82. The van der Waals surface area contributed by atoms with Crippen LogP contribution >= 0.6 is 0 Å². The first kappa shape index (κ1) is 18.2. The van der Waals surface area contributed by atoms with Crippen molar-refractivity contribution in [1.29, 1.82) is 0 Å². The zero-order valence-corrected chi connectivity index (χ0v) is 12.1. The molecule has 0 radical (unpaired) electrons. The van der Waals surface area contributed by atoms with Crippen molar-refractivity contribution in [3.05, 3.63) is 0 Å². The average molecular weight is 283 g/mol. The van der Waals surface area contributed by atoms with Crippen molar-refractivity contribution in [2.45, 2.75) is 39.0 Å². The van der Waals surface area contributed by atoms with Gasteiger partial charge in [0.25, 0.3) is 0 Å². The molecule has 0 aromatic rings. The van der Waals surface area contributed by atoms with E-state index in [1.807, 2.05) is 38.2 Å². The molecule has 4 nitrogen and oxygen atoms in total. The van der Waals surface area contributed by atoms with Gasteiger partial charge in [-0.25, -0.2) is 0 Å². The van der Waals surface area contributed by atoms with Gasteiger partial charge in [0.2, 0.25) is 5.91 Å². The van der Waals surface area contributed by atoms with Gasteiger partial charge in [-0.05, 0) is 26.9 Å². The van der Waals surface area contributed by atoms with Gasteiger partial charge in [0, 0.05) is 12.6 Å². The molecule has 0 rings (SSSR count). The Balaban J connectivity index is 4.31. The third-order valence-electron chi connectivity index (χ3n) is 2.69. The molecule has 0 aliphatic carbocycles. The van der Waals surface area contributed by atoms with Crippen molar-refractivity contribution in [1.82, 2.24) is 15.5 Å². The average Bonchev–Trinajstić information content (AvgIpc) is 2.22. The molecule has 0 aliphatic rings. The molecule has 2 atom stereocenters. The smallest absolute Gasteiger partial charge is 0.346 e. The van der Waals surface area contributed by atoms with E-state index < -0.39 is 24.7 Å². The third-order valence-corrected chi connectivity index (χ3v) is 2.69. The van der Waals surface area contributed by atoms with E-state index in [1.165, 1.54) is 0 Å². The molecule has 0 heterocycles. The van der Waals surface area contributed by atoms with E-state index in [9.17, 15) is 18.0 Å². The van der Waals surface area contributed by atoms with E-state index in [4.69, 9.17) is 0 Å². The highest BCUT2D eigenvalue weighted by Gasteiger charge is 2.29. The van der Waals surface area contributed by atoms with Crippen LogP contribution in [0.2, 0.25) is 0 Å². The Morgan fingerprint density at radius 1 is 1.21 bits per heavy atom. The molecular formula is C12H24F3N3O. The van der Waals surface area contributed by atoms with Gasteiger partial charge in [0.05, 0.1) is 6.04 Å². The lowest BCUT2D eigenvalue weighted by atomic mass is 10.0. The molecule has 0 spiro atoms. The summed E-state index contributed by atoms with van der Waals surface area (Å²) >= 11 is 0. The summed E-state index contributed by atoms with van der Waals surface area (Å²) in [5.74, 6) is -0.359. The van der Waals surface area contributed by atoms with Crippen LogP contribution in [0.25, 0.3) is 0 Å². The minimum absolute atomic E-state index is 0.0432. The molecule has 1 amide bonds. The number of amides is 1. The fraction of sp³-hybridized carbons (Fsp3) is 0.917. The van der Waals surface area contributed by atoms with Gasteiger partial charge in [-0.1, -0.05) is 13.8 Å². The molecule has 19 heavy (non-hydrogen) atoms. The molecule has 0 aromatic heterocycles. The maximum Gasteiger partial charge on any atom is 0.405 e. The number of hydrogen-bond donors (Lipinski definition) is 2. The molecule has 2 N–H and O–H groups in total. The topological polar surface area (TPSA) is 44.4 Å². The van der Waals surface area contributed by atoms with Crippen molar-refractivity contribution in [3.8, 4) is 0 Å². The van der Waals surface area contributed by atoms with Crippen molar-refractivity contribution >= 4 is 5.91 Å². The number of alkyl halides is 3. The molecule has 0 aromatic carbocycles. The summed E-state index contributed by atoms with van der Waals surface area (Å²) in [5, 5.41) is 4.94. The zero-order valence-electron chi connectivity index (χ0n) is 12.1. The van der Waals surface area contributed by atoms with Crippen molar-refractivity contribution < 1.29 is 18.0 Å². The van der Waals surface area contributed by atoms with Gasteiger partial charge in [-0.15, -0.1) is 0 Å². The summed E-state index contributed by atoms with van der Waals surface area (Å²) in [6.07, 6.45) is -4.38. The number of carbonyl (C=O) groups excluding carboxylic acids is 1. The number of carbonyl (C=O) groups is 1. The second kappa shape index (κ2) is 7.69. The fourth-order valence-corrected chi connectivity index (χ4v) is 1.59. The van der Waals surface area contributed by atoms with E-state index in [0.29, 0.717) is 6.54 Å². The summed E-state index contributed by atoms with van der Waals surface area (Å²) in [4.78, 5) is 13.5. The second-order valence-corrected chi connectivity index (χ2v) is 5.33. The number of nitrogens with zero attached hydrogens (tertiary/aromatic N) is 1. The van der Waals surface area contributed by atoms with Crippen molar-refractivity contribution in [2.24, 2.45) is 5.92 Å². The Morgan fingerprint density at radius 3 is 2.11 bits per heavy atom. The number of rotatable bonds is 7. The van der Waals surface area contributed by atoms with Gasteiger partial charge >= 0.3 is 6.18 Å². The molecule has 0 aliphatic heterocycles. The van der Waals surface area contributed by atoms with Gasteiger partial charge in [-0.3, -0.25) is 4.79 Å². The Labute approximate surface area is 112 Å². The van der Waals surface area contributed by atoms with Crippen LogP contribution < -0.4 is 10.6 Å². The molecule has 2 unspecified atom stereocenters. The molecule has 0 fully saturated rings. The van der Waals surface area contributed by atoms with Crippen LogP contribution in [0.5, 0.6) is 0 Å². The van der Waals surface area contributed by atoms with Crippen LogP contribution in [-0.4, -0.2) is 56.3 Å². The number of likely N-dealkylation sites (N-methyl/N-ethyl adjacent to an activating group) is 1. The Hall–Kier alpha value is -0.820. The van der Waals surface area contributed by atoms with Crippen LogP contribution in [0, 0.1) is 5.92 Å². The lowest BCUT2D eigenvalue weighted by Gasteiger charge is -2.28. The fourth-order valence-electron chi connectivity index (χ4n) is 1.59. The van der Waals surface area contributed by atoms with E-state index >= 15 is 0 Å². The van der Waals surface area contributed by atoms with Gasteiger partial charge < -0.3 is 15.5 Å². The second-order valence-electron chi connectivity index (χ2n) is 5.33. The molecule has 7 heteroatoms. The monoisotopic (exact) mass is 283 g/mol. The van der Waals surface area contributed by atoms with Gasteiger partial charge in [0.1, 0.15) is 6.54 Å². The van der Waals surface area contributed by atoms with E-state index in [2.05, 4.69) is 5.32 Å². The molecule has 0 saturated carbocycles. The lowest BCUT2D eigenvalue weighted by Crippen LogP contribution is -2.52. The predicted octanol–water partition coefficient (Wildman–Crippen LogP) is 1.23. The lowest BCUT2D eigenvalue weighted by molar-refractivity contribution is -0.139.